The number of hydrogen-bond donors (Lipinski definition) is 1. The molecule has 1 N–H and O–H groups in total. The predicted octanol–water partition coefficient (Wildman–Crippen LogP) is 4.51. The van der Waals surface area contributed by atoms with Crippen molar-refractivity contribution in [3.8, 4) is 5.75 Å². The van der Waals surface area contributed by atoms with E-state index < -0.39 is 0 Å². The number of aryl methyl sites for hydroxylation is 1. The number of para-hydroxylation sites is 1. The fraction of sp³-hybridized carbons (Fsp3) is 0.391. The molecule has 0 saturated carbocycles. The summed E-state index contributed by atoms with van der Waals surface area (Å²) in [4.78, 5) is 27.1. The van der Waals surface area contributed by atoms with Gasteiger partial charge in [0.25, 0.3) is 0 Å². The molecule has 3 rings (SSSR count). The molecule has 2 aromatic rings. The summed E-state index contributed by atoms with van der Waals surface area (Å²) in [7, 11) is 0. The Balaban J connectivity index is 1.72. The number of carbonyl (C=O) groups is 2. The molecule has 1 fully saturated rings. The first-order chi connectivity index (χ1) is 13.4. The summed E-state index contributed by atoms with van der Waals surface area (Å²) in [5, 5.41) is 3.08. The maximum Gasteiger partial charge on any atom is 0.229 e. The van der Waals surface area contributed by atoms with Crippen molar-refractivity contribution < 1.29 is 14.3 Å². The molecule has 1 aliphatic heterocycles. The average molecular weight is 380 g/mol. The van der Waals surface area contributed by atoms with Gasteiger partial charge in [0.15, 0.2) is 0 Å². The molecule has 0 spiro atoms. The molecule has 5 heteroatoms. The normalized spacial score (nSPS) is 16.5. The lowest BCUT2D eigenvalue weighted by atomic mass is 9.97. The second-order valence-electron chi connectivity index (χ2n) is 7.52. The highest BCUT2D eigenvalue weighted by Gasteiger charge is 2.35. The Labute approximate surface area is 166 Å². The molecule has 148 valence electrons. The molecule has 0 radical (unpaired) electrons. The van der Waals surface area contributed by atoms with Gasteiger partial charge in [0, 0.05) is 24.3 Å². The Hall–Kier alpha value is -2.82. The van der Waals surface area contributed by atoms with Crippen molar-refractivity contribution in [3.05, 3.63) is 53.6 Å². The highest BCUT2D eigenvalue weighted by molar-refractivity contribution is 6.04. The van der Waals surface area contributed by atoms with Gasteiger partial charge in [-0.25, -0.2) is 0 Å². The van der Waals surface area contributed by atoms with E-state index in [0.29, 0.717) is 19.1 Å². The zero-order valence-corrected chi connectivity index (χ0v) is 17.0. The Kier molecular flexibility index (Phi) is 6.02. The van der Waals surface area contributed by atoms with Gasteiger partial charge in [-0.2, -0.15) is 0 Å². The van der Waals surface area contributed by atoms with E-state index in [4.69, 9.17) is 4.74 Å². The van der Waals surface area contributed by atoms with Crippen molar-refractivity contribution >= 4 is 23.2 Å². The van der Waals surface area contributed by atoms with E-state index in [2.05, 4.69) is 19.2 Å². The Morgan fingerprint density at radius 2 is 1.93 bits per heavy atom. The Morgan fingerprint density at radius 3 is 2.57 bits per heavy atom. The maximum atomic E-state index is 12.9. The average Bonchev–Trinajstić information content (AvgIpc) is 3.06. The van der Waals surface area contributed by atoms with Crippen LogP contribution in [-0.4, -0.2) is 25.0 Å². The third-order valence-corrected chi connectivity index (χ3v) is 5.13. The Morgan fingerprint density at radius 1 is 1.21 bits per heavy atom. The van der Waals surface area contributed by atoms with E-state index in [-0.39, 0.29) is 24.2 Å². The van der Waals surface area contributed by atoms with Crippen molar-refractivity contribution in [2.75, 3.05) is 23.4 Å². The Bertz CT molecular complexity index is 859. The van der Waals surface area contributed by atoms with Gasteiger partial charge >= 0.3 is 0 Å². The third-order valence-electron chi connectivity index (χ3n) is 5.13. The molecule has 1 atom stereocenters. The van der Waals surface area contributed by atoms with Gasteiger partial charge in [-0.3, -0.25) is 9.59 Å². The van der Waals surface area contributed by atoms with E-state index >= 15 is 0 Å². The molecule has 1 unspecified atom stereocenters. The van der Waals surface area contributed by atoms with Crippen LogP contribution < -0.4 is 15.0 Å². The number of ether oxygens (including phenoxy) is 1. The number of carbonyl (C=O) groups excluding carboxylic acids is 2. The van der Waals surface area contributed by atoms with Crippen LogP contribution >= 0.6 is 0 Å². The van der Waals surface area contributed by atoms with E-state index in [1.54, 1.807) is 4.90 Å². The minimum absolute atomic E-state index is 0.0295. The monoisotopic (exact) mass is 380 g/mol. The minimum atomic E-state index is -0.362. The second kappa shape index (κ2) is 8.46. The third kappa shape index (κ3) is 4.19. The molecule has 0 aliphatic carbocycles. The molecular weight excluding hydrogens is 352 g/mol. The summed E-state index contributed by atoms with van der Waals surface area (Å²) < 4.78 is 5.45. The number of benzene rings is 2. The zero-order chi connectivity index (χ0) is 20.3. The van der Waals surface area contributed by atoms with Crippen LogP contribution in [0, 0.1) is 12.8 Å². The molecule has 1 aliphatic rings. The first-order valence-corrected chi connectivity index (χ1v) is 9.84. The summed E-state index contributed by atoms with van der Waals surface area (Å²) in [5.41, 5.74) is 3.81. The van der Waals surface area contributed by atoms with Crippen molar-refractivity contribution in [1.82, 2.24) is 0 Å². The molecule has 2 amide bonds. The van der Waals surface area contributed by atoms with Crippen LogP contribution in [0.3, 0.4) is 0 Å². The van der Waals surface area contributed by atoms with Crippen LogP contribution in [0.15, 0.2) is 42.5 Å². The topological polar surface area (TPSA) is 58.6 Å². The van der Waals surface area contributed by atoms with Gasteiger partial charge in [0.05, 0.1) is 12.5 Å². The van der Waals surface area contributed by atoms with Crippen LogP contribution in [-0.2, 0) is 9.59 Å². The number of nitrogens with one attached hydrogen (secondary N) is 1. The van der Waals surface area contributed by atoms with E-state index in [0.717, 1.165) is 28.3 Å². The summed E-state index contributed by atoms with van der Waals surface area (Å²) in [6.45, 7) is 9.13. The minimum Gasteiger partial charge on any atom is -0.494 e. The smallest absolute Gasteiger partial charge is 0.229 e. The molecular formula is C23H28N2O3. The van der Waals surface area contributed by atoms with Crippen LogP contribution in [0.5, 0.6) is 5.75 Å². The summed E-state index contributed by atoms with van der Waals surface area (Å²) in [6.07, 6.45) is 0.224. The van der Waals surface area contributed by atoms with E-state index in [1.807, 2.05) is 56.3 Å². The first-order valence-electron chi connectivity index (χ1n) is 9.84. The van der Waals surface area contributed by atoms with Gasteiger partial charge < -0.3 is 15.0 Å². The first kappa shape index (κ1) is 19.9. The lowest BCUT2D eigenvalue weighted by molar-refractivity contribution is -0.122. The zero-order valence-electron chi connectivity index (χ0n) is 17.0. The molecule has 0 bridgehead atoms. The quantitative estimate of drug-likeness (QED) is 0.802. The van der Waals surface area contributed by atoms with Gasteiger partial charge in [-0.1, -0.05) is 32.0 Å². The second-order valence-corrected chi connectivity index (χ2v) is 7.52. The highest BCUT2D eigenvalue weighted by atomic mass is 16.5. The number of rotatable bonds is 6. The van der Waals surface area contributed by atoms with Crippen molar-refractivity contribution in [1.29, 1.82) is 0 Å². The van der Waals surface area contributed by atoms with Crippen molar-refractivity contribution in [2.45, 2.75) is 40.0 Å². The largest absolute Gasteiger partial charge is 0.494 e. The van der Waals surface area contributed by atoms with Crippen molar-refractivity contribution in [3.63, 3.8) is 0 Å². The maximum absolute atomic E-state index is 12.9. The van der Waals surface area contributed by atoms with Crippen molar-refractivity contribution in [2.24, 2.45) is 5.92 Å². The fourth-order valence-corrected chi connectivity index (χ4v) is 3.59. The van der Waals surface area contributed by atoms with Gasteiger partial charge in [-0.15, -0.1) is 0 Å². The SMILES string of the molecule is CCOc1ccc(N2CC(C(=O)Nc3c(C)cccc3C(C)C)CC2=O)cc1. The predicted molar refractivity (Wildman–Crippen MR) is 112 cm³/mol. The van der Waals surface area contributed by atoms with Gasteiger partial charge in [0.1, 0.15) is 5.75 Å². The molecule has 1 heterocycles. The number of hydrogen-bond acceptors (Lipinski definition) is 3. The molecule has 0 aromatic heterocycles. The standard InChI is InChI=1S/C23H28N2O3/c1-5-28-19-11-9-18(10-12-19)25-14-17(13-21(25)26)23(27)24-22-16(4)7-6-8-20(22)15(2)3/h6-12,15,17H,5,13-14H2,1-4H3,(H,24,27). The molecule has 5 nitrogen and oxygen atoms in total. The molecule has 1 saturated heterocycles. The van der Waals surface area contributed by atoms with Gasteiger partial charge in [0.2, 0.25) is 11.8 Å². The van der Waals surface area contributed by atoms with Gasteiger partial charge in [-0.05, 0) is 55.2 Å². The number of amides is 2. The number of nitrogens with zero attached hydrogens (tertiary/aromatic N) is 1. The fourth-order valence-electron chi connectivity index (χ4n) is 3.59. The summed E-state index contributed by atoms with van der Waals surface area (Å²) in [6, 6.07) is 13.5. The van der Waals surface area contributed by atoms with Crippen LogP contribution in [0.25, 0.3) is 0 Å². The lowest BCUT2D eigenvalue weighted by Gasteiger charge is -2.19. The lowest BCUT2D eigenvalue weighted by Crippen LogP contribution is -2.28. The highest BCUT2D eigenvalue weighted by Crippen LogP contribution is 2.31. The molecule has 2 aromatic carbocycles. The summed E-state index contributed by atoms with van der Waals surface area (Å²) in [5.74, 6) is 0.587. The van der Waals surface area contributed by atoms with Crippen LogP contribution in [0.1, 0.15) is 44.2 Å². The van der Waals surface area contributed by atoms with E-state index in [9.17, 15) is 9.59 Å². The van der Waals surface area contributed by atoms with Crippen LogP contribution in [0.2, 0.25) is 0 Å². The summed E-state index contributed by atoms with van der Waals surface area (Å²) >= 11 is 0. The molecule has 28 heavy (non-hydrogen) atoms. The van der Waals surface area contributed by atoms with E-state index in [1.165, 1.54) is 0 Å². The van der Waals surface area contributed by atoms with Crippen LogP contribution in [0.4, 0.5) is 11.4 Å². The number of anilines is 2.